The summed E-state index contributed by atoms with van der Waals surface area (Å²) in [6.45, 7) is 8.73. The third kappa shape index (κ3) is 3.80. The van der Waals surface area contributed by atoms with Crippen LogP contribution in [0.5, 0.6) is 0 Å². The lowest BCUT2D eigenvalue weighted by Gasteiger charge is -2.31. The third-order valence-electron chi connectivity index (χ3n) is 4.21. The molecular weight excluding hydrogens is 234 g/mol. The maximum Gasteiger partial charge on any atom is 0.0738 e. The van der Waals surface area contributed by atoms with Gasteiger partial charge in [0, 0.05) is 6.04 Å². The van der Waals surface area contributed by atoms with Crippen molar-refractivity contribution in [1.29, 1.82) is 0 Å². The molecule has 2 nitrogen and oxygen atoms in total. The zero-order chi connectivity index (χ0) is 13.7. The number of rotatable bonds is 6. The number of hydrogen-bond acceptors (Lipinski definition) is 2. The van der Waals surface area contributed by atoms with E-state index in [9.17, 15) is 0 Å². The zero-order valence-electron chi connectivity index (χ0n) is 12.5. The quantitative estimate of drug-likeness (QED) is 0.842. The van der Waals surface area contributed by atoms with Gasteiger partial charge in [-0.1, -0.05) is 51.1 Å². The summed E-state index contributed by atoms with van der Waals surface area (Å²) in [5.41, 5.74) is 1.61. The Morgan fingerprint density at radius 1 is 1.26 bits per heavy atom. The van der Waals surface area contributed by atoms with Crippen LogP contribution in [0, 0.1) is 5.41 Å². The molecular formula is C17H27NO. The first-order valence-electron chi connectivity index (χ1n) is 7.52. The molecule has 1 saturated carbocycles. The van der Waals surface area contributed by atoms with E-state index in [1.54, 1.807) is 0 Å². The van der Waals surface area contributed by atoms with Gasteiger partial charge in [-0.05, 0) is 36.8 Å². The van der Waals surface area contributed by atoms with Gasteiger partial charge in [-0.25, -0.2) is 0 Å². The van der Waals surface area contributed by atoms with Crippen LogP contribution in [0.3, 0.4) is 0 Å². The lowest BCUT2D eigenvalue weighted by Crippen LogP contribution is -2.45. The molecule has 2 rings (SSSR count). The van der Waals surface area contributed by atoms with Crippen molar-refractivity contribution in [2.45, 2.75) is 58.8 Å². The Hall–Kier alpha value is -0.860. The lowest BCUT2D eigenvalue weighted by molar-refractivity contribution is 0.0156. The van der Waals surface area contributed by atoms with Crippen molar-refractivity contribution in [2.24, 2.45) is 5.41 Å². The van der Waals surface area contributed by atoms with Crippen LogP contribution in [0.2, 0.25) is 0 Å². The second-order valence-electron chi connectivity index (χ2n) is 6.29. The Morgan fingerprint density at radius 3 is 2.68 bits per heavy atom. The largest absolute Gasteiger partial charge is 0.372 e. The topological polar surface area (TPSA) is 21.3 Å². The molecule has 1 aromatic rings. The molecule has 0 aromatic heterocycles. The first-order chi connectivity index (χ1) is 9.13. The van der Waals surface area contributed by atoms with Crippen molar-refractivity contribution in [1.82, 2.24) is 5.32 Å². The number of benzene rings is 1. The molecule has 1 aliphatic carbocycles. The van der Waals surface area contributed by atoms with Crippen LogP contribution in [-0.4, -0.2) is 18.7 Å². The summed E-state index contributed by atoms with van der Waals surface area (Å²) in [4.78, 5) is 0. The van der Waals surface area contributed by atoms with Crippen LogP contribution < -0.4 is 5.32 Å². The highest BCUT2D eigenvalue weighted by Gasteiger charge is 2.42. The molecule has 0 spiro atoms. The highest BCUT2D eigenvalue weighted by molar-refractivity contribution is 5.13. The molecule has 0 aliphatic heterocycles. The molecule has 19 heavy (non-hydrogen) atoms. The number of nitrogens with one attached hydrogen (secondary N) is 1. The molecule has 0 heterocycles. The predicted molar refractivity (Wildman–Crippen MR) is 80.1 cm³/mol. The summed E-state index contributed by atoms with van der Waals surface area (Å²) in [6.07, 6.45) is 3.94. The molecule has 1 fully saturated rings. The van der Waals surface area contributed by atoms with Gasteiger partial charge in [-0.3, -0.25) is 0 Å². The SMILES string of the molecule is CCCNC1C(OCc2ccccc2)CCC1(C)C. The van der Waals surface area contributed by atoms with Gasteiger partial charge >= 0.3 is 0 Å². The highest BCUT2D eigenvalue weighted by atomic mass is 16.5. The molecule has 1 aliphatic rings. The van der Waals surface area contributed by atoms with Crippen LogP contribution in [-0.2, 0) is 11.3 Å². The Labute approximate surface area is 117 Å². The Bertz CT molecular complexity index is 374. The van der Waals surface area contributed by atoms with Gasteiger partial charge in [0.15, 0.2) is 0 Å². The van der Waals surface area contributed by atoms with Crippen molar-refractivity contribution in [3.8, 4) is 0 Å². The summed E-state index contributed by atoms with van der Waals surface area (Å²) in [5.74, 6) is 0. The predicted octanol–water partition coefficient (Wildman–Crippen LogP) is 3.76. The summed E-state index contributed by atoms with van der Waals surface area (Å²) in [5, 5.41) is 3.68. The average molecular weight is 261 g/mol. The second kappa shape index (κ2) is 6.53. The summed E-state index contributed by atoms with van der Waals surface area (Å²) in [6, 6.07) is 10.9. The van der Waals surface area contributed by atoms with E-state index in [0.717, 1.165) is 13.2 Å². The van der Waals surface area contributed by atoms with E-state index in [4.69, 9.17) is 4.74 Å². The van der Waals surface area contributed by atoms with Gasteiger partial charge in [0.1, 0.15) is 0 Å². The molecule has 0 saturated heterocycles. The van der Waals surface area contributed by atoms with E-state index in [1.807, 2.05) is 6.07 Å². The van der Waals surface area contributed by atoms with Gasteiger partial charge in [0.2, 0.25) is 0 Å². The maximum absolute atomic E-state index is 6.17. The molecule has 0 amide bonds. The maximum atomic E-state index is 6.17. The van der Waals surface area contributed by atoms with Crippen molar-refractivity contribution < 1.29 is 4.74 Å². The molecule has 2 heteroatoms. The second-order valence-corrected chi connectivity index (χ2v) is 6.29. The first kappa shape index (κ1) is 14.5. The number of ether oxygens (including phenoxy) is 1. The number of hydrogen-bond donors (Lipinski definition) is 1. The van der Waals surface area contributed by atoms with Crippen molar-refractivity contribution in [3.63, 3.8) is 0 Å². The van der Waals surface area contributed by atoms with Crippen LogP contribution in [0.25, 0.3) is 0 Å². The zero-order valence-corrected chi connectivity index (χ0v) is 12.5. The van der Waals surface area contributed by atoms with Crippen LogP contribution >= 0.6 is 0 Å². The minimum absolute atomic E-state index is 0.344. The Balaban J connectivity index is 1.91. The molecule has 106 valence electrons. The third-order valence-corrected chi connectivity index (χ3v) is 4.21. The smallest absolute Gasteiger partial charge is 0.0738 e. The summed E-state index contributed by atoms with van der Waals surface area (Å²) >= 11 is 0. The van der Waals surface area contributed by atoms with E-state index in [2.05, 4.69) is 50.4 Å². The molecule has 2 atom stereocenters. The molecule has 1 N–H and O–H groups in total. The van der Waals surface area contributed by atoms with E-state index < -0.39 is 0 Å². The summed E-state index contributed by atoms with van der Waals surface area (Å²) < 4.78 is 6.17. The van der Waals surface area contributed by atoms with Gasteiger partial charge in [0.05, 0.1) is 12.7 Å². The highest BCUT2D eigenvalue weighted by Crippen LogP contribution is 2.39. The van der Waals surface area contributed by atoms with Gasteiger partial charge in [-0.2, -0.15) is 0 Å². The Morgan fingerprint density at radius 2 is 2.00 bits per heavy atom. The van der Waals surface area contributed by atoms with E-state index in [-0.39, 0.29) is 0 Å². The fraction of sp³-hybridized carbons (Fsp3) is 0.647. The van der Waals surface area contributed by atoms with Gasteiger partial charge in [0.25, 0.3) is 0 Å². The van der Waals surface area contributed by atoms with Crippen molar-refractivity contribution >= 4 is 0 Å². The van der Waals surface area contributed by atoms with Crippen molar-refractivity contribution in [3.05, 3.63) is 35.9 Å². The van der Waals surface area contributed by atoms with Crippen molar-refractivity contribution in [2.75, 3.05) is 6.54 Å². The minimum Gasteiger partial charge on any atom is -0.372 e. The normalized spacial score (nSPS) is 25.6. The minimum atomic E-state index is 0.344. The Kier molecular flexibility index (Phi) is 5.00. The molecule has 0 bridgehead atoms. The van der Waals surface area contributed by atoms with Crippen LogP contribution in [0.4, 0.5) is 0 Å². The molecule has 1 aromatic carbocycles. The van der Waals surface area contributed by atoms with Crippen LogP contribution in [0.1, 0.15) is 45.6 Å². The molecule has 2 unspecified atom stereocenters. The average Bonchev–Trinajstić information content (AvgIpc) is 2.70. The molecule has 0 radical (unpaired) electrons. The fourth-order valence-corrected chi connectivity index (χ4v) is 3.00. The van der Waals surface area contributed by atoms with Gasteiger partial charge < -0.3 is 10.1 Å². The standard InChI is InChI=1S/C17H27NO/c1-4-12-18-16-15(10-11-17(16,2)3)19-13-14-8-6-5-7-9-14/h5-9,15-16,18H,4,10-13H2,1-3H3. The monoisotopic (exact) mass is 261 g/mol. The summed E-state index contributed by atoms with van der Waals surface area (Å²) in [7, 11) is 0. The lowest BCUT2D eigenvalue weighted by atomic mass is 9.87. The fourth-order valence-electron chi connectivity index (χ4n) is 3.00. The van der Waals surface area contributed by atoms with Crippen LogP contribution in [0.15, 0.2) is 30.3 Å². The first-order valence-corrected chi connectivity index (χ1v) is 7.52. The van der Waals surface area contributed by atoms with Gasteiger partial charge in [-0.15, -0.1) is 0 Å². The van der Waals surface area contributed by atoms with E-state index >= 15 is 0 Å². The van der Waals surface area contributed by atoms with E-state index in [1.165, 1.54) is 24.8 Å². The van der Waals surface area contributed by atoms with E-state index in [0.29, 0.717) is 17.6 Å².